The minimum Gasteiger partial charge on any atom is -0.497 e. The van der Waals surface area contributed by atoms with E-state index in [1.165, 1.54) is 26.4 Å². The van der Waals surface area contributed by atoms with Crippen LogP contribution in [0.25, 0.3) is 0 Å². The van der Waals surface area contributed by atoms with Gasteiger partial charge in [-0.25, -0.2) is 9.59 Å². The molecule has 1 unspecified atom stereocenters. The minimum atomic E-state index is -1.31. The molecule has 2 rings (SSSR count). The van der Waals surface area contributed by atoms with Gasteiger partial charge < -0.3 is 19.5 Å². The lowest BCUT2D eigenvalue weighted by atomic mass is 10.1. The van der Waals surface area contributed by atoms with E-state index in [2.05, 4.69) is 10.6 Å². The minimum absolute atomic E-state index is 0.142. The smallest absolute Gasteiger partial charge is 0.339 e. The molecule has 1 atom stereocenters. The van der Waals surface area contributed by atoms with Crippen LogP contribution >= 0.6 is 0 Å². The highest BCUT2D eigenvalue weighted by atomic mass is 16.5. The lowest BCUT2D eigenvalue weighted by Gasteiger charge is -2.18. The van der Waals surface area contributed by atoms with Crippen LogP contribution in [-0.2, 0) is 9.53 Å². The second-order valence-electron chi connectivity index (χ2n) is 5.65. The van der Waals surface area contributed by atoms with Crippen LogP contribution in [0.2, 0.25) is 0 Å². The van der Waals surface area contributed by atoms with E-state index in [0.717, 1.165) is 0 Å². The van der Waals surface area contributed by atoms with Crippen molar-refractivity contribution in [2.75, 3.05) is 20.8 Å². The average Bonchev–Trinajstić information content (AvgIpc) is 2.71. The number of ether oxygens (including phenoxy) is 3. The first-order valence-corrected chi connectivity index (χ1v) is 8.56. The largest absolute Gasteiger partial charge is 0.497 e. The number of carbonyl (C=O) groups excluding carboxylic acids is 3. The number of rotatable bonds is 7. The molecular formula is C20H22N2O6. The zero-order valence-electron chi connectivity index (χ0n) is 15.9. The number of imide groups is 1. The van der Waals surface area contributed by atoms with Gasteiger partial charge in [0.2, 0.25) is 6.10 Å². The van der Waals surface area contributed by atoms with Crippen LogP contribution in [0.5, 0.6) is 11.5 Å². The van der Waals surface area contributed by atoms with Gasteiger partial charge in [0.05, 0.1) is 19.8 Å². The van der Waals surface area contributed by atoms with Crippen LogP contribution < -0.4 is 20.1 Å². The van der Waals surface area contributed by atoms with Gasteiger partial charge in [-0.1, -0.05) is 30.3 Å². The predicted octanol–water partition coefficient (Wildman–Crippen LogP) is 2.45. The topological polar surface area (TPSA) is 103 Å². The average molecular weight is 386 g/mol. The molecule has 0 aromatic heterocycles. The van der Waals surface area contributed by atoms with Gasteiger partial charge in [0.15, 0.2) is 0 Å². The number of carbonyl (C=O) groups is 3. The number of urea groups is 1. The van der Waals surface area contributed by atoms with Gasteiger partial charge in [0.1, 0.15) is 11.5 Å². The van der Waals surface area contributed by atoms with E-state index in [1.807, 2.05) is 0 Å². The van der Waals surface area contributed by atoms with Crippen molar-refractivity contribution in [1.82, 2.24) is 10.6 Å². The molecule has 148 valence electrons. The van der Waals surface area contributed by atoms with Crippen LogP contribution in [0.1, 0.15) is 28.9 Å². The monoisotopic (exact) mass is 386 g/mol. The maximum atomic E-state index is 12.7. The Bertz CT molecular complexity index is 816. The van der Waals surface area contributed by atoms with Crippen LogP contribution in [0.4, 0.5) is 4.79 Å². The molecule has 2 aromatic rings. The predicted molar refractivity (Wildman–Crippen MR) is 101 cm³/mol. The Kier molecular flexibility index (Phi) is 7.38. The standard InChI is InChI=1S/C20H22N2O6/c1-4-21-20(25)22-18(23)17(13-8-6-5-7-9-13)28-19(24)14-10-15(26-2)12-16(11-14)27-3/h5-12,17H,4H2,1-3H3,(H2,21,22,23,25). The fourth-order valence-corrected chi connectivity index (χ4v) is 2.38. The highest BCUT2D eigenvalue weighted by Gasteiger charge is 2.27. The van der Waals surface area contributed by atoms with Crippen molar-refractivity contribution in [2.24, 2.45) is 0 Å². The van der Waals surface area contributed by atoms with Crippen molar-refractivity contribution >= 4 is 17.9 Å². The summed E-state index contributed by atoms with van der Waals surface area (Å²) in [6, 6.07) is 12.3. The Labute approximate surface area is 162 Å². The highest BCUT2D eigenvalue weighted by Crippen LogP contribution is 2.25. The summed E-state index contributed by atoms with van der Waals surface area (Å²) in [5, 5.41) is 4.62. The maximum Gasteiger partial charge on any atom is 0.339 e. The molecule has 0 spiro atoms. The number of esters is 1. The molecule has 0 heterocycles. The molecule has 8 nitrogen and oxygen atoms in total. The summed E-state index contributed by atoms with van der Waals surface area (Å²) in [6.07, 6.45) is -1.31. The van der Waals surface area contributed by atoms with Gasteiger partial charge in [-0.05, 0) is 19.1 Å². The molecule has 0 radical (unpaired) electrons. The number of benzene rings is 2. The van der Waals surface area contributed by atoms with Crippen molar-refractivity contribution in [1.29, 1.82) is 0 Å². The van der Waals surface area contributed by atoms with E-state index in [-0.39, 0.29) is 5.56 Å². The van der Waals surface area contributed by atoms with Crippen molar-refractivity contribution in [3.63, 3.8) is 0 Å². The lowest BCUT2D eigenvalue weighted by molar-refractivity contribution is -0.129. The van der Waals surface area contributed by atoms with Crippen molar-refractivity contribution in [2.45, 2.75) is 13.0 Å². The molecule has 2 aromatic carbocycles. The van der Waals surface area contributed by atoms with E-state index >= 15 is 0 Å². The third-order valence-electron chi connectivity index (χ3n) is 3.73. The summed E-state index contributed by atoms with van der Waals surface area (Å²) in [5.74, 6) is -0.735. The molecule has 0 aliphatic heterocycles. The van der Waals surface area contributed by atoms with Crippen molar-refractivity contribution < 1.29 is 28.6 Å². The van der Waals surface area contributed by atoms with E-state index in [9.17, 15) is 14.4 Å². The summed E-state index contributed by atoms with van der Waals surface area (Å²) in [6.45, 7) is 2.06. The number of amides is 3. The normalized spacial score (nSPS) is 11.1. The molecule has 0 aliphatic carbocycles. The van der Waals surface area contributed by atoms with E-state index in [1.54, 1.807) is 43.3 Å². The van der Waals surface area contributed by atoms with Gasteiger partial charge in [-0.2, -0.15) is 0 Å². The third-order valence-corrected chi connectivity index (χ3v) is 3.73. The summed E-state index contributed by atoms with van der Waals surface area (Å²) in [4.78, 5) is 36.9. The summed E-state index contributed by atoms with van der Waals surface area (Å²) < 4.78 is 15.7. The first kappa shape index (κ1) is 20.8. The van der Waals surface area contributed by atoms with Gasteiger partial charge in [0, 0.05) is 18.2 Å². The van der Waals surface area contributed by atoms with Gasteiger partial charge >= 0.3 is 12.0 Å². The molecule has 28 heavy (non-hydrogen) atoms. The van der Waals surface area contributed by atoms with Crippen LogP contribution in [-0.4, -0.2) is 38.7 Å². The number of methoxy groups -OCH3 is 2. The molecule has 0 aliphatic rings. The number of nitrogens with one attached hydrogen (secondary N) is 2. The summed E-state index contributed by atoms with van der Waals surface area (Å²) >= 11 is 0. The van der Waals surface area contributed by atoms with Gasteiger partial charge in [0.25, 0.3) is 5.91 Å². The second-order valence-corrected chi connectivity index (χ2v) is 5.65. The number of hydrogen-bond donors (Lipinski definition) is 2. The molecule has 0 saturated heterocycles. The van der Waals surface area contributed by atoms with Crippen molar-refractivity contribution in [3.8, 4) is 11.5 Å². The van der Waals surface area contributed by atoms with Crippen LogP contribution in [0.15, 0.2) is 48.5 Å². The fourth-order valence-electron chi connectivity index (χ4n) is 2.38. The van der Waals surface area contributed by atoms with Crippen LogP contribution in [0.3, 0.4) is 0 Å². The van der Waals surface area contributed by atoms with Gasteiger partial charge in [-0.3, -0.25) is 10.1 Å². The zero-order chi connectivity index (χ0) is 20.5. The first-order chi connectivity index (χ1) is 13.5. The third kappa shape index (κ3) is 5.47. The highest BCUT2D eigenvalue weighted by molar-refractivity contribution is 5.99. The van der Waals surface area contributed by atoms with Crippen LogP contribution in [0, 0.1) is 0 Å². The van der Waals surface area contributed by atoms with E-state index in [0.29, 0.717) is 23.6 Å². The molecule has 2 N–H and O–H groups in total. The molecule has 0 fully saturated rings. The molecule has 8 heteroatoms. The Morgan fingerprint density at radius 2 is 1.57 bits per heavy atom. The number of hydrogen-bond acceptors (Lipinski definition) is 6. The molecular weight excluding hydrogens is 364 g/mol. The Morgan fingerprint density at radius 3 is 2.11 bits per heavy atom. The van der Waals surface area contributed by atoms with Gasteiger partial charge in [-0.15, -0.1) is 0 Å². The fraction of sp³-hybridized carbons (Fsp3) is 0.250. The second kappa shape index (κ2) is 9.96. The quantitative estimate of drug-likeness (QED) is 0.709. The lowest BCUT2D eigenvalue weighted by Crippen LogP contribution is -2.42. The Hall–Kier alpha value is -3.55. The van der Waals surface area contributed by atoms with E-state index < -0.39 is 24.0 Å². The molecule has 0 bridgehead atoms. The summed E-state index contributed by atoms with van der Waals surface area (Å²) in [7, 11) is 2.91. The van der Waals surface area contributed by atoms with Crippen molar-refractivity contribution in [3.05, 3.63) is 59.7 Å². The Balaban J connectivity index is 2.28. The zero-order valence-corrected chi connectivity index (χ0v) is 15.9. The summed E-state index contributed by atoms with van der Waals surface area (Å²) in [5.41, 5.74) is 0.565. The maximum absolute atomic E-state index is 12.7. The molecule has 0 saturated carbocycles. The van der Waals surface area contributed by atoms with E-state index in [4.69, 9.17) is 14.2 Å². The molecule has 3 amide bonds. The first-order valence-electron chi connectivity index (χ1n) is 8.56. The SMILES string of the molecule is CCNC(=O)NC(=O)C(OC(=O)c1cc(OC)cc(OC)c1)c1ccccc1. The Morgan fingerprint density at radius 1 is 0.964 bits per heavy atom.